The molecule has 0 aromatic heterocycles. The Labute approximate surface area is 95.0 Å². The maximum atomic E-state index is 8.78. The number of fused-ring (bicyclic) bond motifs is 1. The summed E-state index contributed by atoms with van der Waals surface area (Å²) < 4.78 is 0. The van der Waals surface area contributed by atoms with Crippen LogP contribution in [0.2, 0.25) is 0 Å². The van der Waals surface area contributed by atoms with Gasteiger partial charge < -0.3 is 0 Å². The van der Waals surface area contributed by atoms with Gasteiger partial charge in [-0.05, 0) is 46.7 Å². The van der Waals surface area contributed by atoms with Crippen molar-refractivity contribution in [1.29, 1.82) is 5.26 Å². The molecule has 0 atom stereocenters. The summed E-state index contributed by atoms with van der Waals surface area (Å²) >= 11 is 0. The summed E-state index contributed by atoms with van der Waals surface area (Å²) in [6.07, 6.45) is 3.67. The van der Waals surface area contributed by atoms with Gasteiger partial charge in [-0.25, -0.2) is 0 Å². The Morgan fingerprint density at radius 1 is 1.25 bits per heavy atom. The minimum atomic E-state index is 1.00. The van der Waals surface area contributed by atoms with E-state index >= 15 is 0 Å². The first-order valence-corrected chi connectivity index (χ1v) is 5.32. The van der Waals surface area contributed by atoms with Crippen molar-refractivity contribution in [3.63, 3.8) is 0 Å². The Balaban J connectivity index is 3.07. The molecule has 0 saturated carbocycles. The monoisotopic (exact) mass is 207 g/mol. The highest BCUT2D eigenvalue weighted by atomic mass is 14.2. The highest BCUT2D eigenvalue weighted by Crippen LogP contribution is 2.12. The van der Waals surface area contributed by atoms with Crippen molar-refractivity contribution in [3.05, 3.63) is 46.3 Å². The van der Waals surface area contributed by atoms with Crippen LogP contribution in [-0.4, -0.2) is 0 Å². The molecule has 78 valence electrons. The molecule has 0 fully saturated rings. The van der Waals surface area contributed by atoms with Gasteiger partial charge in [0.15, 0.2) is 0 Å². The average molecular weight is 207 g/mol. The van der Waals surface area contributed by atoms with Crippen LogP contribution in [0.4, 0.5) is 0 Å². The van der Waals surface area contributed by atoms with E-state index in [4.69, 9.17) is 5.26 Å². The quantitative estimate of drug-likeness (QED) is 0.650. The van der Waals surface area contributed by atoms with E-state index < -0.39 is 0 Å². The van der Waals surface area contributed by atoms with E-state index in [1.165, 1.54) is 16.3 Å². The maximum Gasteiger partial charge on any atom is 0.0918 e. The Bertz CT molecular complexity index is 688. The van der Waals surface area contributed by atoms with Crippen LogP contribution in [0.25, 0.3) is 22.9 Å². The normalized spacial score (nSPS) is 13.1. The minimum Gasteiger partial charge on any atom is -0.193 e. The molecule has 0 N–H and O–H groups in total. The second-order valence-electron chi connectivity index (χ2n) is 3.79. The molecule has 0 unspecified atom stereocenters. The summed E-state index contributed by atoms with van der Waals surface area (Å²) in [7, 11) is 0. The van der Waals surface area contributed by atoms with Gasteiger partial charge in [0, 0.05) is 6.08 Å². The molecule has 2 rings (SSSR count). The number of rotatable bonds is 0. The number of hydrogen-bond acceptors (Lipinski definition) is 1. The zero-order valence-corrected chi connectivity index (χ0v) is 9.49. The van der Waals surface area contributed by atoms with Gasteiger partial charge in [0.2, 0.25) is 0 Å². The molecule has 0 aliphatic carbocycles. The van der Waals surface area contributed by atoms with Gasteiger partial charge in [0.25, 0.3) is 0 Å². The summed E-state index contributed by atoms with van der Waals surface area (Å²) in [5.74, 6) is 0. The van der Waals surface area contributed by atoms with Gasteiger partial charge in [0.1, 0.15) is 0 Å². The number of aryl methyl sites for hydroxylation is 1. The second kappa shape index (κ2) is 4.20. The smallest absolute Gasteiger partial charge is 0.0918 e. The highest BCUT2D eigenvalue weighted by Gasteiger charge is 1.99. The van der Waals surface area contributed by atoms with Gasteiger partial charge >= 0.3 is 0 Å². The zero-order chi connectivity index (χ0) is 11.5. The first kappa shape index (κ1) is 10.4. The summed E-state index contributed by atoms with van der Waals surface area (Å²) in [6.45, 7) is 4.11. The lowest BCUT2D eigenvalue weighted by Crippen LogP contribution is -2.27. The average Bonchev–Trinajstić information content (AvgIpc) is 2.30. The summed E-state index contributed by atoms with van der Waals surface area (Å²) in [4.78, 5) is 0. The Morgan fingerprint density at radius 3 is 2.69 bits per heavy atom. The standard InChI is InChI=1S/C15H13N/c1-3-14-11(2)15-7-5-4-6-12(15)10-13(14)8-9-16/h3-8,10H,1-2H3/b13-8-,14-3-. The largest absolute Gasteiger partial charge is 0.193 e. The number of hydrogen-bond donors (Lipinski definition) is 0. The van der Waals surface area contributed by atoms with E-state index in [9.17, 15) is 0 Å². The van der Waals surface area contributed by atoms with Gasteiger partial charge in [-0.2, -0.15) is 5.26 Å². The molecule has 0 amide bonds. The first-order valence-electron chi connectivity index (χ1n) is 5.32. The van der Waals surface area contributed by atoms with Crippen molar-refractivity contribution >= 4 is 22.9 Å². The molecule has 2 aromatic rings. The van der Waals surface area contributed by atoms with Gasteiger partial charge in [0.05, 0.1) is 6.07 Å². The third kappa shape index (κ3) is 1.59. The molecular formula is C15H13N. The fourth-order valence-corrected chi connectivity index (χ4v) is 2.14. The molecule has 0 radical (unpaired) electrons. The van der Waals surface area contributed by atoms with Crippen molar-refractivity contribution in [2.45, 2.75) is 13.8 Å². The highest BCUT2D eigenvalue weighted by molar-refractivity contribution is 5.86. The molecule has 0 spiro atoms. The van der Waals surface area contributed by atoms with Crippen LogP contribution in [0.1, 0.15) is 12.5 Å². The minimum absolute atomic E-state index is 1.00. The van der Waals surface area contributed by atoms with Crippen LogP contribution in [0.15, 0.2) is 30.3 Å². The van der Waals surface area contributed by atoms with Crippen LogP contribution in [0.3, 0.4) is 0 Å². The number of benzene rings is 2. The van der Waals surface area contributed by atoms with Crippen LogP contribution < -0.4 is 10.4 Å². The third-order valence-corrected chi connectivity index (χ3v) is 2.90. The van der Waals surface area contributed by atoms with Gasteiger partial charge in [-0.1, -0.05) is 30.3 Å². The molecule has 0 heterocycles. The van der Waals surface area contributed by atoms with E-state index in [0.29, 0.717) is 0 Å². The molecule has 1 nitrogen and oxygen atoms in total. The molecule has 0 saturated heterocycles. The van der Waals surface area contributed by atoms with Crippen molar-refractivity contribution in [3.8, 4) is 6.07 Å². The van der Waals surface area contributed by atoms with Crippen molar-refractivity contribution in [2.75, 3.05) is 0 Å². The van der Waals surface area contributed by atoms with Crippen LogP contribution in [0.5, 0.6) is 0 Å². The SMILES string of the molecule is C/C=c1/c(C)c2ccccc2c/c1=C/C#N. The first-order chi connectivity index (χ1) is 7.77. The Kier molecular flexibility index (Phi) is 2.74. The fraction of sp³-hybridized carbons (Fsp3) is 0.133. The van der Waals surface area contributed by atoms with Crippen LogP contribution >= 0.6 is 0 Å². The summed E-state index contributed by atoms with van der Waals surface area (Å²) in [5.41, 5.74) is 1.24. The van der Waals surface area contributed by atoms with Gasteiger partial charge in [-0.3, -0.25) is 0 Å². The van der Waals surface area contributed by atoms with E-state index in [2.05, 4.69) is 37.3 Å². The zero-order valence-electron chi connectivity index (χ0n) is 9.49. The molecule has 0 bridgehead atoms. The second-order valence-corrected chi connectivity index (χ2v) is 3.79. The van der Waals surface area contributed by atoms with E-state index in [0.717, 1.165) is 10.4 Å². The molecule has 16 heavy (non-hydrogen) atoms. The Morgan fingerprint density at radius 2 is 2.00 bits per heavy atom. The molecular weight excluding hydrogens is 194 g/mol. The number of nitriles is 1. The predicted molar refractivity (Wildman–Crippen MR) is 68.2 cm³/mol. The van der Waals surface area contributed by atoms with Crippen molar-refractivity contribution in [2.24, 2.45) is 0 Å². The van der Waals surface area contributed by atoms with Gasteiger partial charge in [-0.15, -0.1) is 0 Å². The summed E-state index contributed by atoms with van der Waals surface area (Å²) in [6, 6.07) is 12.4. The predicted octanol–water partition coefficient (Wildman–Crippen LogP) is 2.25. The molecule has 2 aromatic carbocycles. The maximum absolute atomic E-state index is 8.78. The lowest BCUT2D eigenvalue weighted by atomic mass is 10.0. The van der Waals surface area contributed by atoms with E-state index in [-0.39, 0.29) is 0 Å². The third-order valence-electron chi connectivity index (χ3n) is 2.90. The lowest BCUT2D eigenvalue weighted by Gasteiger charge is -2.03. The Hall–Kier alpha value is -2.07. The molecule has 1 heteroatoms. The molecule has 0 aliphatic heterocycles. The van der Waals surface area contributed by atoms with Crippen LogP contribution in [-0.2, 0) is 0 Å². The lowest BCUT2D eigenvalue weighted by molar-refractivity contribution is 1.41. The molecule has 0 aliphatic rings. The van der Waals surface area contributed by atoms with Crippen LogP contribution in [0, 0.1) is 18.3 Å². The van der Waals surface area contributed by atoms with Crippen molar-refractivity contribution < 1.29 is 0 Å². The van der Waals surface area contributed by atoms with E-state index in [1.807, 2.05) is 19.1 Å². The van der Waals surface area contributed by atoms with E-state index in [1.54, 1.807) is 6.08 Å². The number of nitrogens with zero attached hydrogens (tertiary/aromatic N) is 1. The van der Waals surface area contributed by atoms with Crippen molar-refractivity contribution in [1.82, 2.24) is 0 Å². The fourth-order valence-electron chi connectivity index (χ4n) is 2.14. The topological polar surface area (TPSA) is 23.8 Å². The summed E-state index contributed by atoms with van der Waals surface area (Å²) in [5, 5.41) is 13.4.